The van der Waals surface area contributed by atoms with Crippen molar-refractivity contribution in [3.05, 3.63) is 53.1 Å². The van der Waals surface area contributed by atoms with Crippen molar-refractivity contribution in [2.45, 2.75) is 12.8 Å². The third kappa shape index (κ3) is 4.59. The van der Waals surface area contributed by atoms with Gasteiger partial charge >= 0.3 is 0 Å². The Bertz CT molecular complexity index is 833. The van der Waals surface area contributed by atoms with Gasteiger partial charge in [-0.25, -0.2) is 0 Å². The van der Waals surface area contributed by atoms with Gasteiger partial charge in [0.25, 0.3) is 0 Å². The normalized spacial score (nSPS) is 17.3. The second-order valence-corrected chi connectivity index (χ2v) is 7.58. The molecule has 2 heterocycles. The van der Waals surface area contributed by atoms with E-state index >= 15 is 0 Å². The SMILES string of the molecule is O=C(c1ccc2c(c1)OCCO2)C1CCN(CCOc2cccc(Cl)c2)CC1. The average molecular weight is 402 g/mol. The van der Waals surface area contributed by atoms with Crippen LogP contribution in [-0.2, 0) is 0 Å². The highest BCUT2D eigenvalue weighted by atomic mass is 35.5. The Kier molecular flexibility index (Phi) is 6.03. The maximum absolute atomic E-state index is 12.9. The number of hydrogen-bond donors (Lipinski definition) is 0. The molecule has 2 aromatic rings. The zero-order valence-corrected chi connectivity index (χ0v) is 16.5. The monoisotopic (exact) mass is 401 g/mol. The van der Waals surface area contributed by atoms with Crippen LogP contribution in [0.25, 0.3) is 0 Å². The summed E-state index contributed by atoms with van der Waals surface area (Å²) in [6.45, 7) is 4.35. The standard InChI is InChI=1S/C22H24ClNO4/c23-18-2-1-3-19(15-18)26-11-10-24-8-6-16(7-9-24)22(25)17-4-5-20-21(14-17)28-13-12-27-20/h1-5,14-16H,6-13H2. The van der Waals surface area contributed by atoms with Crippen LogP contribution in [0, 0.1) is 5.92 Å². The Morgan fingerprint density at radius 1 is 1.07 bits per heavy atom. The molecule has 0 aliphatic carbocycles. The summed E-state index contributed by atoms with van der Waals surface area (Å²) in [5.74, 6) is 2.45. The van der Waals surface area contributed by atoms with E-state index in [-0.39, 0.29) is 11.7 Å². The number of carbonyl (C=O) groups is 1. The average Bonchev–Trinajstić information content (AvgIpc) is 2.73. The van der Waals surface area contributed by atoms with Crippen molar-refractivity contribution in [2.75, 3.05) is 39.5 Å². The first-order valence-corrected chi connectivity index (χ1v) is 10.1. The molecule has 0 radical (unpaired) electrons. The van der Waals surface area contributed by atoms with Gasteiger partial charge in [0.1, 0.15) is 25.6 Å². The van der Waals surface area contributed by atoms with Crippen LogP contribution >= 0.6 is 11.6 Å². The minimum atomic E-state index is 0.0626. The first-order chi connectivity index (χ1) is 13.7. The number of likely N-dealkylation sites (tertiary alicyclic amines) is 1. The predicted octanol–water partition coefficient (Wildman–Crippen LogP) is 4.08. The molecule has 2 aromatic carbocycles. The van der Waals surface area contributed by atoms with Gasteiger partial charge in [0.2, 0.25) is 0 Å². The van der Waals surface area contributed by atoms with Gasteiger partial charge in [0.05, 0.1) is 0 Å². The second kappa shape index (κ2) is 8.84. The van der Waals surface area contributed by atoms with Crippen LogP contribution in [0.15, 0.2) is 42.5 Å². The number of piperidine rings is 1. The van der Waals surface area contributed by atoms with E-state index in [9.17, 15) is 4.79 Å². The highest BCUT2D eigenvalue weighted by Gasteiger charge is 2.26. The fraction of sp³-hybridized carbons (Fsp3) is 0.409. The topological polar surface area (TPSA) is 48.0 Å². The van der Waals surface area contributed by atoms with Gasteiger partial charge in [-0.05, 0) is 62.3 Å². The number of benzene rings is 2. The lowest BCUT2D eigenvalue weighted by atomic mass is 9.88. The zero-order chi connectivity index (χ0) is 19.3. The van der Waals surface area contributed by atoms with Crippen molar-refractivity contribution in [1.29, 1.82) is 0 Å². The summed E-state index contributed by atoms with van der Waals surface area (Å²) < 4.78 is 16.9. The first-order valence-electron chi connectivity index (χ1n) is 9.73. The highest BCUT2D eigenvalue weighted by molar-refractivity contribution is 6.30. The Balaban J connectivity index is 1.25. The second-order valence-electron chi connectivity index (χ2n) is 7.14. The Hall–Kier alpha value is -2.24. The van der Waals surface area contributed by atoms with Crippen molar-refractivity contribution >= 4 is 17.4 Å². The third-order valence-electron chi connectivity index (χ3n) is 5.26. The summed E-state index contributed by atoms with van der Waals surface area (Å²) in [7, 11) is 0. The van der Waals surface area contributed by atoms with Crippen molar-refractivity contribution < 1.29 is 19.0 Å². The van der Waals surface area contributed by atoms with Crippen LogP contribution in [0.2, 0.25) is 5.02 Å². The molecule has 1 saturated heterocycles. The quantitative estimate of drug-likeness (QED) is 0.682. The summed E-state index contributed by atoms with van der Waals surface area (Å²) in [5, 5.41) is 0.677. The van der Waals surface area contributed by atoms with Crippen molar-refractivity contribution in [2.24, 2.45) is 5.92 Å². The number of fused-ring (bicyclic) bond motifs is 1. The van der Waals surface area contributed by atoms with Gasteiger partial charge < -0.3 is 14.2 Å². The molecule has 1 fully saturated rings. The number of carbonyl (C=O) groups excluding carboxylic acids is 1. The van der Waals surface area contributed by atoms with E-state index in [2.05, 4.69) is 4.90 Å². The Morgan fingerprint density at radius 3 is 2.64 bits per heavy atom. The molecule has 0 N–H and O–H groups in total. The molecular formula is C22H24ClNO4. The van der Waals surface area contributed by atoms with E-state index in [0.29, 0.717) is 36.2 Å². The number of ketones is 1. The van der Waals surface area contributed by atoms with Crippen LogP contribution < -0.4 is 14.2 Å². The Morgan fingerprint density at radius 2 is 1.86 bits per heavy atom. The molecule has 5 nitrogen and oxygen atoms in total. The molecule has 28 heavy (non-hydrogen) atoms. The summed E-state index contributed by atoms with van der Waals surface area (Å²) in [5.41, 5.74) is 0.715. The highest BCUT2D eigenvalue weighted by Crippen LogP contribution is 2.32. The molecule has 2 aliphatic rings. The molecule has 4 rings (SSSR count). The van der Waals surface area contributed by atoms with Gasteiger partial charge in [0, 0.05) is 23.0 Å². The van der Waals surface area contributed by atoms with Gasteiger partial charge in [-0.3, -0.25) is 9.69 Å². The van der Waals surface area contributed by atoms with Crippen molar-refractivity contribution in [3.8, 4) is 17.2 Å². The molecule has 0 amide bonds. The van der Waals surface area contributed by atoms with Crippen LogP contribution in [0.4, 0.5) is 0 Å². The molecule has 0 bridgehead atoms. The lowest BCUT2D eigenvalue weighted by molar-refractivity contribution is 0.0826. The van der Waals surface area contributed by atoms with Gasteiger partial charge in [-0.2, -0.15) is 0 Å². The number of nitrogens with zero attached hydrogens (tertiary/aromatic N) is 1. The van der Waals surface area contributed by atoms with E-state index in [1.165, 1.54) is 0 Å². The van der Waals surface area contributed by atoms with Gasteiger partial charge in [-0.15, -0.1) is 0 Å². The number of rotatable bonds is 6. The molecule has 0 saturated carbocycles. The first kappa shape index (κ1) is 19.1. The van der Waals surface area contributed by atoms with Gasteiger partial charge in [-0.1, -0.05) is 17.7 Å². The molecule has 0 aromatic heterocycles. The summed E-state index contributed by atoms with van der Waals surface area (Å²) in [4.78, 5) is 15.2. The van der Waals surface area contributed by atoms with Crippen molar-refractivity contribution in [1.82, 2.24) is 4.90 Å². The van der Waals surface area contributed by atoms with E-state index in [0.717, 1.165) is 44.0 Å². The number of Topliss-reactive ketones (excluding diaryl/α,β-unsaturated/α-hetero) is 1. The van der Waals surface area contributed by atoms with E-state index in [1.54, 1.807) is 0 Å². The minimum Gasteiger partial charge on any atom is -0.492 e. The smallest absolute Gasteiger partial charge is 0.166 e. The lowest BCUT2D eigenvalue weighted by Gasteiger charge is -2.31. The van der Waals surface area contributed by atoms with Gasteiger partial charge in [0.15, 0.2) is 17.3 Å². The van der Waals surface area contributed by atoms with E-state index < -0.39 is 0 Å². The summed E-state index contributed by atoms with van der Waals surface area (Å²) >= 11 is 5.97. The predicted molar refractivity (Wildman–Crippen MR) is 108 cm³/mol. The maximum atomic E-state index is 12.9. The summed E-state index contributed by atoms with van der Waals surface area (Å²) in [6, 6.07) is 12.9. The van der Waals surface area contributed by atoms with Crippen LogP contribution in [0.5, 0.6) is 17.2 Å². The zero-order valence-electron chi connectivity index (χ0n) is 15.7. The Labute approximate surface area is 170 Å². The molecule has 0 unspecified atom stereocenters. The third-order valence-corrected chi connectivity index (χ3v) is 5.49. The molecule has 6 heteroatoms. The van der Waals surface area contributed by atoms with Crippen LogP contribution in [-0.4, -0.2) is 50.1 Å². The largest absolute Gasteiger partial charge is 0.492 e. The van der Waals surface area contributed by atoms with Crippen molar-refractivity contribution in [3.63, 3.8) is 0 Å². The fourth-order valence-electron chi connectivity index (χ4n) is 3.70. The number of halogens is 1. The fourth-order valence-corrected chi connectivity index (χ4v) is 3.88. The molecule has 2 aliphatic heterocycles. The lowest BCUT2D eigenvalue weighted by Crippen LogP contribution is -2.38. The maximum Gasteiger partial charge on any atom is 0.166 e. The van der Waals surface area contributed by atoms with E-state index in [1.807, 2.05) is 42.5 Å². The molecule has 0 spiro atoms. The number of ether oxygens (including phenoxy) is 3. The molecular weight excluding hydrogens is 378 g/mol. The van der Waals surface area contributed by atoms with Crippen LogP contribution in [0.3, 0.4) is 0 Å². The summed E-state index contributed by atoms with van der Waals surface area (Å²) in [6.07, 6.45) is 1.73. The van der Waals surface area contributed by atoms with Crippen LogP contribution in [0.1, 0.15) is 23.2 Å². The molecule has 0 atom stereocenters. The molecule has 148 valence electrons. The van der Waals surface area contributed by atoms with E-state index in [4.69, 9.17) is 25.8 Å². The minimum absolute atomic E-state index is 0.0626. The number of hydrogen-bond acceptors (Lipinski definition) is 5.